The number of hydrogen-bond donors (Lipinski definition) is 0. The molecule has 0 saturated heterocycles. The molecule has 2 heterocycles. The van der Waals surface area contributed by atoms with Crippen LogP contribution in [-0.2, 0) is 6.42 Å². The lowest BCUT2D eigenvalue weighted by molar-refractivity contribution is 0.885. The van der Waals surface area contributed by atoms with Gasteiger partial charge in [0.25, 0.3) is 0 Å². The van der Waals surface area contributed by atoms with Crippen LogP contribution in [0.3, 0.4) is 0 Å². The third-order valence-electron chi connectivity index (χ3n) is 2.06. The molecule has 0 N–H and O–H groups in total. The summed E-state index contributed by atoms with van der Waals surface area (Å²) < 4.78 is 0.775. The van der Waals surface area contributed by atoms with Crippen molar-refractivity contribution in [2.24, 2.45) is 0 Å². The van der Waals surface area contributed by atoms with Gasteiger partial charge in [-0.25, -0.2) is 0 Å². The molecule has 15 heavy (non-hydrogen) atoms. The molecular weight excluding hydrogens is 249 g/mol. The summed E-state index contributed by atoms with van der Waals surface area (Å²) in [7, 11) is 0. The van der Waals surface area contributed by atoms with Crippen LogP contribution in [0.15, 0.2) is 35.8 Å². The monoisotopic (exact) mass is 257 g/mol. The first-order valence-electron chi connectivity index (χ1n) is 4.53. The first-order chi connectivity index (χ1) is 7.25. The highest BCUT2D eigenvalue weighted by molar-refractivity contribution is 7.14. The Morgan fingerprint density at radius 3 is 2.87 bits per heavy atom. The van der Waals surface area contributed by atoms with Crippen LogP contribution in [0.2, 0.25) is 4.34 Å². The molecule has 78 valence electrons. The van der Waals surface area contributed by atoms with Gasteiger partial charge in [-0.2, -0.15) is 0 Å². The number of pyridine rings is 1. The lowest BCUT2D eigenvalue weighted by atomic mass is 10.1. The van der Waals surface area contributed by atoms with Crippen molar-refractivity contribution in [3.05, 3.63) is 51.4 Å². The normalized spacial score (nSPS) is 12.7. The van der Waals surface area contributed by atoms with Gasteiger partial charge in [0.15, 0.2) is 0 Å². The number of halogens is 2. The zero-order chi connectivity index (χ0) is 10.7. The largest absolute Gasteiger partial charge is 0.261 e. The van der Waals surface area contributed by atoms with Crippen molar-refractivity contribution in [3.63, 3.8) is 0 Å². The SMILES string of the molecule is Clc1cc(C(Cl)Cc2ccccn2)cs1. The highest BCUT2D eigenvalue weighted by atomic mass is 35.5. The molecule has 1 unspecified atom stereocenters. The van der Waals surface area contributed by atoms with Gasteiger partial charge < -0.3 is 0 Å². The van der Waals surface area contributed by atoms with Gasteiger partial charge in [-0.3, -0.25) is 4.98 Å². The van der Waals surface area contributed by atoms with E-state index in [-0.39, 0.29) is 5.38 Å². The fourth-order valence-corrected chi connectivity index (χ4v) is 2.61. The Balaban J connectivity index is 2.07. The quantitative estimate of drug-likeness (QED) is 0.747. The van der Waals surface area contributed by atoms with E-state index in [4.69, 9.17) is 23.2 Å². The van der Waals surface area contributed by atoms with Crippen molar-refractivity contribution in [2.45, 2.75) is 11.8 Å². The summed E-state index contributed by atoms with van der Waals surface area (Å²) in [6.45, 7) is 0. The van der Waals surface area contributed by atoms with Crippen LogP contribution in [0, 0.1) is 0 Å². The van der Waals surface area contributed by atoms with Gasteiger partial charge in [-0.1, -0.05) is 17.7 Å². The summed E-state index contributed by atoms with van der Waals surface area (Å²) in [5.74, 6) is 0. The molecule has 0 aromatic carbocycles. The van der Waals surface area contributed by atoms with Gasteiger partial charge in [-0.15, -0.1) is 22.9 Å². The van der Waals surface area contributed by atoms with Crippen LogP contribution >= 0.6 is 34.5 Å². The fraction of sp³-hybridized carbons (Fsp3) is 0.182. The van der Waals surface area contributed by atoms with E-state index in [2.05, 4.69) is 4.98 Å². The van der Waals surface area contributed by atoms with Gasteiger partial charge in [0.05, 0.1) is 9.71 Å². The lowest BCUT2D eigenvalue weighted by Crippen LogP contribution is -1.96. The van der Waals surface area contributed by atoms with Crippen molar-refractivity contribution >= 4 is 34.5 Å². The highest BCUT2D eigenvalue weighted by Gasteiger charge is 2.11. The zero-order valence-electron chi connectivity index (χ0n) is 7.86. The summed E-state index contributed by atoms with van der Waals surface area (Å²) in [4.78, 5) is 4.24. The van der Waals surface area contributed by atoms with E-state index in [1.54, 1.807) is 6.20 Å². The minimum absolute atomic E-state index is 0.0522. The van der Waals surface area contributed by atoms with Crippen molar-refractivity contribution in [3.8, 4) is 0 Å². The summed E-state index contributed by atoms with van der Waals surface area (Å²) in [5, 5.41) is 1.94. The summed E-state index contributed by atoms with van der Waals surface area (Å²) in [5.41, 5.74) is 2.07. The first kappa shape index (κ1) is 10.9. The summed E-state index contributed by atoms with van der Waals surface area (Å²) >= 11 is 13.6. The number of rotatable bonds is 3. The maximum absolute atomic E-state index is 6.26. The van der Waals surface area contributed by atoms with E-state index in [1.807, 2.05) is 29.6 Å². The molecule has 0 bridgehead atoms. The molecular formula is C11H9Cl2NS. The standard InChI is InChI=1S/C11H9Cl2NS/c12-10(8-5-11(13)15-7-8)6-9-3-1-2-4-14-9/h1-5,7,10H,6H2. The van der Waals surface area contributed by atoms with Gasteiger partial charge >= 0.3 is 0 Å². The predicted molar refractivity (Wildman–Crippen MR) is 65.9 cm³/mol. The van der Waals surface area contributed by atoms with E-state index in [9.17, 15) is 0 Å². The summed E-state index contributed by atoms with van der Waals surface area (Å²) in [6, 6.07) is 7.75. The minimum atomic E-state index is -0.0522. The molecule has 0 spiro atoms. The van der Waals surface area contributed by atoms with E-state index < -0.39 is 0 Å². The lowest BCUT2D eigenvalue weighted by Gasteiger charge is -2.06. The second-order valence-electron chi connectivity index (χ2n) is 3.18. The van der Waals surface area contributed by atoms with Gasteiger partial charge in [-0.05, 0) is 29.1 Å². The van der Waals surface area contributed by atoms with Crippen LogP contribution in [0.4, 0.5) is 0 Å². The van der Waals surface area contributed by atoms with E-state index in [0.717, 1.165) is 22.0 Å². The average Bonchev–Trinajstić information content (AvgIpc) is 2.66. The minimum Gasteiger partial charge on any atom is -0.261 e. The molecule has 0 aliphatic carbocycles. The Bertz CT molecular complexity index is 427. The summed E-state index contributed by atoms with van der Waals surface area (Å²) in [6.07, 6.45) is 2.51. The van der Waals surface area contributed by atoms with Crippen molar-refractivity contribution in [1.29, 1.82) is 0 Å². The first-order valence-corrected chi connectivity index (χ1v) is 6.23. The van der Waals surface area contributed by atoms with Gasteiger partial charge in [0.2, 0.25) is 0 Å². The Kier molecular flexibility index (Phi) is 3.62. The van der Waals surface area contributed by atoms with E-state index >= 15 is 0 Å². The second-order valence-corrected chi connectivity index (χ2v) is 5.25. The molecule has 0 fully saturated rings. The number of nitrogens with zero attached hydrogens (tertiary/aromatic N) is 1. The molecule has 2 rings (SSSR count). The smallest absolute Gasteiger partial charge is 0.0931 e. The highest BCUT2D eigenvalue weighted by Crippen LogP contribution is 2.30. The van der Waals surface area contributed by atoms with E-state index in [0.29, 0.717) is 0 Å². The molecule has 1 atom stereocenters. The molecule has 0 saturated carbocycles. The molecule has 0 radical (unpaired) electrons. The van der Waals surface area contributed by atoms with E-state index in [1.165, 1.54) is 11.3 Å². The zero-order valence-corrected chi connectivity index (χ0v) is 10.2. The van der Waals surface area contributed by atoms with Crippen LogP contribution in [0.1, 0.15) is 16.6 Å². The molecule has 4 heteroatoms. The topological polar surface area (TPSA) is 12.9 Å². The Morgan fingerprint density at radius 1 is 1.40 bits per heavy atom. The number of aromatic nitrogens is 1. The average molecular weight is 258 g/mol. The third kappa shape index (κ3) is 2.94. The maximum Gasteiger partial charge on any atom is 0.0931 e. The molecule has 0 aliphatic rings. The van der Waals surface area contributed by atoms with Crippen LogP contribution in [0.25, 0.3) is 0 Å². The number of alkyl halides is 1. The molecule has 0 amide bonds. The second kappa shape index (κ2) is 4.97. The van der Waals surface area contributed by atoms with Crippen molar-refractivity contribution in [1.82, 2.24) is 4.98 Å². The van der Waals surface area contributed by atoms with Crippen LogP contribution < -0.4 is 0 Å². The fourth-order valence-electron chi connectivity index (χ4n) is 1.31. The maximum atomic E-state index is 6.26. The van der Waals surface area contributed by atoms with Gasteiger partial charge in [0.1, 0.15) is 0 Å². The molecule has 2 aromatic rings. The third-order valence-corrected chi connectivity index (χ3v) is 3.58. The predicted octanol–water partition coefficient (Wildman–Crippen LogP) is 4.32. The Hall–Kier alpha value is -0.570. The number of thiophene rings is 1. The Morgan fingerprint density at radius 2 is 2.27 bits per heavy atom. The van der Waals surface area contributed by atoms with Crippen molar-refractivity contribution < 1.29 is 0 Å². The van der Waals surface area contributed by atoms with Crippen molar-refractivity contribution in [2.75, 3.05) is 0 Å². The van der Waals surface area contributed by atoms with Crippen LogP contribution in [0.5, 0.6) is 0 Å². The number of hydrogen-bond acceptors (Lipinski definition) is 2. The van der Waals surface area contributed by atoms with Crippen LogP contribution in [-0.4, -0.2) is 4.98 Å². The Labute approximate surface area is 103 Å². The molecule has 0 aliphatic heterocycles. The van der Waals surface area contributed by atoms with Gasteiger partial charge in [0, 0.05) is 18.3 Å². The molecule has 2 aromatic heterocycles. The molecule has 1 nitrogen and oxygen atoms in total.